The number of hydrogen-bond donors (Lipinski definition) is 0. The van der Waals surface area contributed by atoms with Crippen molar-refractivity contribution in [3.05, 3.63) is 57.8 Å². The molecule has 0 unspecified atom stereocenters. The van der Waals surface area contributed by atoms with E-state index in [9.17, 15) is 25.2 Å². The van der Waals surface area contributed by atoms with Gasteiger partial charge in [0.25, 0.3) is 0 Å². The second-order valence-electron chi connectivity index (χ2n) is 5.25. The summed E-state index contributed by atoms with van der Waals surface area (Å²) < 4.78 is 60.6. The summed E-state index contributed by atoms with van der Waals surface area (Å²) in [6.45, 7) is 6.54. The van der Waals surface area contributed by atoms with E-state index in [0.29, 0.717) is 5.92 Å². The summed E-state index contributed by atoms with van der Waals surface area (Å²) in [6.07, 6.45) is 7.46. The molecular weight excluding hydrogens is 426 g/mol. The van der Waals surface area contributed by atoms with Crippen LogP contribution in [0.2, 0.25) is 0 Å². The van der Waals surface area contributed by atoms with Crippen LogP contribution in [0.1, 0.15) is 37.3 Å². The minimum absolute atomic E-state index is 0.653. The number of allylic oxidation sites excluding steroid dienone is 4. The van der Waals surface area contributed by atoms with E-state index in [-0.39, 0.29) is 0 Å². The van der Waals surface area contributed by atoms with Crippen molar-refractivity contribution in [1.82, 2.24) is 0 Å². The molecule has 1 aromatic carbocycles. The molecule has 0 aromatic heterocycles. The predicted octanol–water partition coefficient (Wildman–Crippen LogP) is 7.88. The molecule has 0 heterocycles. The van der Waals surface area contributed by atoms with Gasteiger partial charge in [-0.05, 0) is 18.4 Å². The van der Waals surface area contributed by atoms with Gasteiger partial charge in [-0.15, -0.1) is 0 Å². The van der Waals surface area contributed by atoms with Crippen molar-refractivity contribution in [2.75, 3.05) is 0 Å². The van der Waals surface area contributed by atoms with E-state index in [1.807, 2.05) is 0 Å². The number of benzene rings is 1. The standard InChI is InChI=1S/C10H14.C5H5.F6P.Ru/c1-8(2)10-6-4-9(3)5-7-10;1-2-4-5-3-1;1-7(2,3,4,5)6;/h4-8H,1-3H3;1-3H,4H2;;/q;;-1;+1. The number of hydrogen-bond acceptors (Lipinski definition) is 0. The van der Waals surface area contributed by atoms with Gasteiger partial charge in [-0.3, -0.25) is 0 Å². The van der Waals surface area contributed by atoms with Crippen LogP contribution in [0.25, 0.3) is 0 Å². The molecule has 0 fully saturated rings. The Bertz CT molecular complexity index is 544. The van der Waals surface area contributed by atoms with Crippen LogP contribution in [0.4, 0.5) is 25.2 Å². The van der Waals surface area contributed by atoms with Gasteiger partial charge >= 0.3 is 80.1 Å². The fourth-order valence-corrected chi connectivity index (χ4v) is 1.74. The van der Waals surface area contributed by atoms with Crippen LogP contribution in [0.5, 0.6) is 0 Å². The topological polar surface area (TPSA) is 0 Å². The second-order valence-corrected chi connectivity index (χ2v) is 8.29. The SMILES string of the molecule is Cc1ccc(C(C)C)cc1.F[P-](F)(F)(F)(F)F.[Ru+][C]1=CC=CC1. The first-order chi connectivity index (χ1) is 10.0. The fourth-order valence-electron chi connectivity index (χ4n) is 1.37. The van der Waals surface area contributed by atoms with E-state index in [0.717, 1.165) is 6.42 Å². The summed E-state index contributed by atoms with van der Waals surface area (Å²) >= 11 is 2.59. The third-order valence-corrected chi connectivity index (χ3v) is 3.11. The van der Waals surface area contributed by atoms with Crippen LogP contribution in [0.3, 0.4) is 0 Å². The summed E-state index contributed by atoms with van der Waals surface area (Å²) in [5.41, 5.74) is 2.76. The molecule has 0 radical (unpaired) electrons. The zero-order chi connectivity index (χ0) is 18.4. The molecular formula is C15H19F6PRu. The van der Waals surface area contributed by atoms with E-state index in [4.69, 9.17) is 0 Å². The van der Waals surface area contributed by atoms with Gasteiger partial charge in [0.2, 0.25) is 0 Å². The molecule has 1 aliphatic carbocycles. The Balaban J connectivity index is 0.000000329. The summed E-state index contributed by atoms with van der Waals surface area (Å²) in [5, 5.41) is 0. The quantitative estimate of drug-likeness (QED) is 0.234. The number of aryl methyl sites for hydroxylation is 1. The maximum absolute atomic E-state index is 10.7. The van der Waals surface area contributed by atoms with E-state index in [1.165, 1.54) is 15.3 Å². The van der Waals surface area contributed by atoms with Crippen LogP contribution in [0, 0.1) is 6.92 Å². The summed E-state index contributed by atoms with van der Waals surface area (Å²) in [5.74, 6) is 0.653. The molecule has 1 aromatic rings. The molecule has 134 valence electrons. The van der Waals surface area contributed by atoms with E-state index < -0.39 is 7.81 Å². The molecule has 0 nitrogen and oxygen atoms in total. The Morgan fingerprint density at radius 2 is 1.39 bits per heavy atom. The summed E-state index contributed by atoms with van der Waals surface area (Å²) in [4.78, 5) is 0. The minimum atomic E-state index is -10.7. The van der Waals surface area contributed by atoms with Crippen molar-refractivity contribution in [2.45, 2.75) is 33.1 Å². The van der Waals surface area contributed by atoms with Crippen molar-refractivity contribution < 1.29 is 43.5 Å². The van der Waals surface area contributed by atoms with Crippen LogP contribution < -0.4 is 0 Å². The molecule has 1 aliphatic rings. The average molecular weight is 445 g/mol. The third kappa shape index (κ3) is 19.3. The van der Waals surface area contributed by atoms with Crippen molar-refractivity contribution in [3.8, 4) is 0 Å². The Kier molecular flexibility index (Phi) is 7.27. The average Bonchev–Trinajstić information content (AvgIpc) is 2.77. The molecule has 0 saturated carbocycles. The third-order valence-electron chi connectivity index (χ3n) is 2.46. The van der Waals surface area contributed by atoms with Gasteiger partial charge in [0.05, 0.1) is 0 Å². The van der Waals surface area contributed by atoms with Gasteiger partial charge in [0.15, 0.2) is 0 Å². The van der Waals surface area contributed by atoms with Crippen LogP contribution in [0.15, 0.2) is 46.7 Å². The monoisotopic (exact) mass is 446 g/mol. The summed E-state index contributed by atoms with van der Waals surface area (Å²) in [7, 11) is -10.7. The Hall–Kier alpha value is -0.667. The molecule has 0 aliphatic heterocycles. The molecule has 0 saturated heterocycles. The van der Waals surface area contributed by atoms with Crippen LogP contribution in [-0.4, -0.2) is 0 Å². The van der Waals surface area contributed by atoms with E-state index in [1.54, 1.807) is 0 Å². The fraction of sp³-hybridized carbons (Fsp3) is 0.333. The Morgan fingerprint density at radius 3 is 1.61 bits per heavy atom. The zero-order valence-corrected chi connectivity index (χ0v) is 15.5. The van der Waals surface area contributed by atoms with E-state index >= 15 is 0 Å². The van der Waals surface area contributed by atoms with Gasteiger partial charge in [0.1, 0.15) is 0 Å². The number of rotatable bonds is 1. The first-order valence-corrected chi connectivity index (χ1v) is 9.57. The molecule has 2 rings (SSSR count). The van der Waals surface area contributed by atoms with Crippen molar-refractivity contribution in [3.63, 3.8) is 0 Å². The molecule has 0 bridgehead atoms. The maximum atomic E-state index is 9.87. The molecule has 23 heavy (non-hydrogen) atoms. The van der Waals surface area contributed by atoms with Gasteiger partial charge in [0, 0.05) is 0 Å². The van der Waals surface area contributed by atoms with Crippen molar-refractivity contribution >= 4 is 7.81 Å². The second kappa shape index (κ2) is 7.48. The Morgan fingerprint density at radius 1 is 0.957 bits per heavy atom. The van der Waals surface area contributed by atoms with Gasteiger partial charge in [-0.1, -0.05) is 43.7 Å². The van der Waals surface area contributed by atoms with Crippen LogP contribution in [-0.2, 0) is 18.3 Å². The zero-order valence-electron chi connectivity index (χ0n) is 12.9. The van der Waals surface area contributed by atoms with E-state index in [2.05, 4.69) is 81.6 Å². The first kappa shape index (κ1) is 22.3. The van der Waals surface area contributed by atoms with Crippen molar-refractivity contribution in [1.29, 1.82) is 0 Å². The first-order valence-electron chi connectivity index (χ1n) is 6.67. The Labute approximate surface area is 142 Å². The molecule has 0 atom stereocenters. The molecule has 0 amide bonds. The molecule has 0 N–H and O–H groups in total. The van der Waals surface area contributed by atoms with Crippen LogP contribution >= 0.6 is 7.81 Å². The predicted molar refractivity (Wildman–Crippen MR) is 80.7 cm³/mol. The number of halogens is 6. The van der Waals surface area contributed by atoms with Gasteiger partial charge in [-0.25, -0.2) is 0 Å². The van der Waals surface area contributed by atoms with Gasteiger partial charge in [-0.2, -0.15) is 0 Å². The van der Waals surface area contributed by atoms with Crippen molar-refractivity contribution in [2.24, 2.45) is 0 Å². The molecule has 8 heteroatoms. The molecule has 0 spiro atoms. The van der Waals surface area contributed by atoms with Gasteiger partial charge < -0.3 is 0 Å². The summed E-state index contributed by atoms with van der Waals surface area (Å²) in [6, 6.07) is 8.71. The normalized spacial score (nSPS) is 16.4.